The standard InChI is InChI=1S/C14H14ClF3N4O2S/c1-22(2)25(23,24)21-13-6-4-10(8-19-13)20-12-5-3-9(15)7-11(12)14(16,17)18/h3-8,20H,1-2H3,(H,19,21). The van der Waals surface area contributed by atoms with E-state index in [0.29, 0.717) is 0 Å². The Hall–Kier alpha value is -2.04. The predicted molar refractivity (Wildman–Crippen MR) is 90.2 cm³/mol. The Balaban J connectivity index is 2.23. The third-order valence-corrected chi connectivity index (χ3v) is 4.71. The zero-order valence-electron chi connectivity index (χ0n) is 13.1. The molecule has 11 heteroatoms. The Morgan fingerprint density at radius 3 is 2.36 bits per heavy atom. The third kappa shape index (κ3) is 4.97. The first-order valence-electron chi connectivity index (χ1n) is 6.79. The first kappa shape index (κ1) is 19.3. The highest BCUT2D eigenvalue weighted by Crippen LogP contribution is 2.37. The highest BCUT2D eigenvalue weighted by molar-refractivity contribution is 7.90. The maximum Gasteiger partial charge on any atom is 0.418 e. The topological polar surface area (TPSA) is 74.3 Å². The summed E-state index contributed by atoms with van der Waals surface area (Å²) in [5.41, 5.74) is -0.863. The summed E-state index contributed by atoms with van der Waals surface area (Å²) in [5, 5.41) is 2.55. The fourth-order valence-corrected chi connectivity index (χ4v) is 2.51. The fourth-order valence-electron chi connectivity index (χ4n) is 1.77. The van der Waals surface area contributed by atoms with Gasteiger partial charge in [-0.15, -0.1) is 0 Å². The molecule has 2 N–H and O–H groups in total. The van der Waals surface area contributed by atoms with Crippen molar-refractivity contribution < 1.29 is 21.6 Å². The van der Waals surface area contributed by atoms with Crippen LogP contribution in [0.15, 0.2) is 36.5 Å². The van der Waals surface area contributed by atoms with E-state index in [0.717, 1.165) is 10.4 Å². The molecular formula is C14H14ClF3N4O2S. The van der Waals surface area contributed by atoms with E-state index in [2.05, 4.69) is 15.0 Å². The molecule has 0 spiro atoms. The Labute approximate surface area is 147 Å². The lowest BCUT2D eigenvalue weighted by Gasteiger charge is -2.15. The maximum absolute atomic E-state index is 13.1. The maximum atomic E-state index is 13.1. The van der Waals surface area contributed by atoms with E-state index >= 15 is 0 Å². The van der Waals surface area contributed by atoms with E-state index in [1.54, 1.807) is 0 Å². The van der Waals surface area contributed by atoms with Crippen LogP contribution in [0.25, 0.3) is 0 Å². The molecule has 0 radical (unpaired) electrons. The molecule has 136 valence electrons. The van der Waals surface area contributed by atoms with Gasteiger partial charge in [0.15, 0.2) is 0 Å². The number of alkyl halides is 3. The van der Waals surface area contributed by atoms with Crippen LogP contribution in [-0.4, -0.2) is 31.8 Å². The SMILES string of the molecule is CN(C)S(=O)(=O)Nc1ccc(Nc2ccc(Cl)cc2C(F)(F)F)cn1. The third-order valence-electron chi connectivity index (χ3n) is 3.04. The van der Waals surface area contributed by atoms with Crippen molar-refractivity contribution in [2.75, 3.05) is 24.1 Å². The minimum atomic E-state index is -4.58. The summed E-state index contributed by atoms with van der Waals surface area (Å²) in [6.07, 6.45) is -3.37. The lowest BCUT2D eigenvalue weighted by molar-refractivity contribution is -0.136. The van der Waals surface area contributed by atoms with E-state index in [1.165, 1.54) is 44.6 Å². The molecular weight excluding hydrogens is 381 g/mol. The molecule has 6 nitrogen and oxygen atoms in total. The summed E-state index contributed by atoms with van der Waals surface area (Å²) >= 11 is 5.62. The minimum absolute atomic E-state index is 0.0337. The summed E-state index contributed by atoms with van der Waals surface area (Å²) in [4.78, 5) is 3.87. The van der Waals surface area contributed by atoms with Crippen LogP contribution >= 0.6 is 11.6 Å². The van der Waals surface area contributed by atoms with Gasteiger partial charge in [-0.05, 0) is 30.3 Å². The molecule has 0 aliphatic carbocycles. The molecule has 0 aliphatic heterocycles. The number of aromatic nitrogens is 1. The zero-order valence-corrected chi connectivity index (χ0v) is 14.7. The van der Waals surface area contributed by atoms with Crippen molar-refractivity contribution in [3.05, 3.63) is 47.1 Å². The molecule has 0 fully saturated rings. The van der Waals surface area contributed by atoms with Crippen LogP contribution in [0.4, 0.5) is 30.4 Å². The molecule has 2 aromatic rings. The Bertz CT molecular complexity index is 855. The van der Waals surface area contributed by atoms with Crippen molar-refractivity contribution in [1.29, 1.82) is 0 Å². The number of benzene rings is 1. The monoisotopic (exact) mass is 394 g/mol. The van der Waals surface area contributed by atoms with Crippen LogP contribution in [0.5, 0.6) is 0 Å². The summed E-state index contributed by atoms with van der Waals surface area (Å²) in [6.45, 7) is 0. The number of nitrogens with zero attached hydrogens (tertiary/aromatic N) is 2. The van der Waals surface area contributed by atoms with Gasteiger partial charge in [-0.2, -0.15) is 25.9 Å². The van der Waals surface area contributed by atoms with Crippen molar-refractivity contribution >= 4 is 39.0 Å². The summed E-state index contributed by atoms with van der Waals surface area (Å²) < 4.78 is 65.7. The van der Waals surface area contributed by atoms with Crippen LogP contribution in [0.1, 0.15) is 5.56 Å². The molecule has 25 heavy (non-hydrogen) atoms. The fraction of sp³-hybridized carbons (Fsp3) is 0.214. The van der Waals surface area contributed by atoms with Gasteiger partial charge in [0, 0.05) is 19.1 Å². The molecule has 0 unspecified atom stereocenters. The van der Waals surface area contributed by atoms with Gasteiger partial charge in [0.25, 0.3) is 0 Å². The lowest BCUT2D eigenvalue weighted by atomic mass is 10.1. The van der Waals surface area contributed by atoms with Gasteiger partial charge in [-0.3, -0.25) is 4.72 Å². The molecule has 2 rings (SSSR count). The molecule has 1 aromatic carbocycles. The second kappa shape index (κ2) is 7.06. The number of nitrogens with one attached hydrogen (secondary N) is 2. The average molecular weight is 395 g/mol. The van der Waals surface area contributed by atoms with Gasteiger partial charge in [0.1, 0.15) is 5.82 Å². The van der Waals surface area contributed by atoms with Crippen LogP contribution in [0.2, 0.25) is 5.02 Å². The molecule has 0 bridgehead atoms. The van der Waals surface area contributed by atoms with Gasteiger partial charge in [-0.1, -0.05) is 11.6 Å². The number of hydrogen-bond donors (Lipinski definition) is 2. The van der Waals surface area contributed by atoms with E-state index < -0.39 is 21.9 Å². The van der Waals surface area contributed by atoms with Crippen molar-refractivity contribution in [3.63, 3.8) is 0 Å². The van der Waals surface area contributed by atoms with Gasteiger partial charge < -0.3 is 5.32 Å². The number of anilines is 3. The van der Waals surface area contributed by atoms with E-state index in [4.69, 9.17) is 11.6 Å². The van der Waals surface area contributed by atoms with Crippen LogP contribution in [0.3, 0.4) is 0 Å². The largest absolute Gasteiger partial charge is 0.418 e. The molecule has 0 atom stereocenters. The van der Waals surface area contributed by atoms with E-state index in [9.17, 15) is 21.6 Å². The molecule has 1 aromatic heterocycles. The van der Waals surface area contributed by atoms with Crippen molar-refractivity contribution in [2.24, 2.45) is 0 Å². The second-order valence-electron chi connectivity index (χ2n) is 5.13. The van der Waals surface area contributed by atoms with Gasteiger partial charge in [0.2, 0.25) is 0 Å². The van der Waals surface area contributed by atoms with Gasteiger partial charge in [0.05, 0.1) is 23.1 Å². The number of halogens is 4. The molecule has 1 heterocycles. The molecule has 0 saturated carbocycles. The zero-order chi connectivity index (χ0) is 18.8. The average Bonchev–Trinajstić information content (AvgIpc) is 2.49. The van der Waals surface area contributed by atoms with E-state index in [-0.39, 0.29) is 22.2 Å². The van der Waals surface area contributed by atoms with Gasteiger partial charge in [-0.25, -0.2) is 4.98 Å². The van der Waals surface area contributed by atoms with Crippen LogP contribution in [0, 0.1) is 0 Å². The van der Waals surface area contributed by atoms with E-state index in [1.807, 2.05) is 0 Å². The Morgan fingerprint density at radius 1 is 1.16 bits per heavy atom. The lowest BCUT2D eigenvalue weighted by Crippen LogP contribution is -2.29. The van der Waals surface area contributed by atoms with Crippen molar-refractivity contribution in [3.8, 4) is 0 Å². The highest BCUT2D eigenvalue weighted by Gasteiger charge is 2.33. The summed E-state index contributed by atoms with van der Waals surface area (Å²) in [6, 6.07) is 6.07. The Kier molecular flexibility index (Phi) is 5.45. The predicted octanol–water partition coefficient (Wildman–Crippen LogP) is 3.72. The second-order valence-corrected chi connectivity index (χ2v) is 7.46. The van der Waals surface area contributed by atoms with Crippen molar-refractivity contribution in [1.82, 2.24) is 9.29 Å². The number of hydrogen-bond acceptors (Lipinski definition) is 4. The number of pyridine rings is 1. The molecule has 0 amide bonds. The molecule has 0 aliphatic rings. The summed E-state index contributed by atoms with van der Waals surface area (Å²) in [7, 11) is -1.03. The van der Waals surface area contributed by atoms with Crippen LogP contribution in [-0.2, 0) is 16.4 Å². The Morgan fingerprint density at radius 2 is 1.84 bits per heavy atom. The first-order valence-corrected chi connectivity index (χ1v) is 8.61. The van der Waals surface area contributed by atoms with Gasteiger partial charge >= 0.3 is 16.4 Å². The normalized spacial score (nSPS) is 12.3. The summed E-state index contributed by atoms with van der Waals surface area (Å²) in [5.74, 6) is 0.0337. The smallest absolute Gasteiger partial charge is 0.354 e. The minimum Gasteiger partial charge on any atom is -0.354 e. The number of rotatable bonds is 5. The van der Waals surface area contributed by atoms with Crippen LogP contribution < -0.4 is 10.0 Å². The quantitative estimate of drug-likeness (QED) is 0.810. The first-order chi connectivity index (χ1) is 11.5. The molecule has 0 saturated heterocycles. The highest BCUT2D eigenvalue weighted by atomic mass is 35.5. The van der Waals surface area contributed by atoms with Crippen molar-refractivity contribution in [2.45, 2.75) is 6.18 Å².